The van der Waals surface area contributed by atoms with Gasteiger partial charge >= 0.3 is 0 Å². The number of hydrogen-bond donors (Lipinski definition) is 0. The Labute approximate surface area is 130 Å². The van der Waals surface area contributed by atoms with Crippen LogP contribution in [0.5, 0.6) is 0 Å². The Balaban J connectivity index is 2.01. The summed E-state index contributed by atoms with van der Waals surface area (Å²) in [5.41, 5.74) is 3.91. The van der Waals surface area contributed by atoms with Crippen LogP contribution in [0.4, 0.5) is 8.78 Å². The second kappa shape index (κ2) is 5.08. The summed E-state index contributed by atoms with van der Waals surface area (Å²) in [5.74, 6) is 0. The summed E-state index contributed by atoms with van der Waals surface area (Å²) in [7, 11) is 0. The fraction of sp³-hybridized carbons (Fsp3) is 0.118. The first-order valence-electron chi connectivity index (χ1n) is 7.10. The fourth-order valence-corrected chi connectivity index (χ4v) is 2.69. The van der Waals surface area contributed by atoms with Gasteiger partial charge in [0.2, 0.25) is 0 Å². The molecule has 0 saturated heterocycles. The first kappa shape index (κ1) is 13.8. The molecule has 0 radical (unpaired) electrons. The second-order valence-corrected chi connectivity index (χ2v) is 5.39. The highest BCUT2D eigenvalue weighted by Crippen LogP contribution is 2.32. The molecule has 0 fully saturated rings. The fourth-order valence-electron chi connectivity index (χ4n) is 2.69. The zero-order chi connectivity index (χ0) is 16.0. The Hall–Kier alpha value is -2.89. The molecule has 114 valence electrons. The Kier molecular flexibility index (Phi) is 3.04. The molecule has 0 N–H and O–H groups in total. The third-order valence-corrected chi connectivity index (χ3v) is 3.79. The van der Waals surface area contributed by atoms with Gasteiger partial charge in [0.15, 0.2) is 5.65 Å². The van der Waals surface area contributed by atoms with Gasteiger partial charge in [-0.1, -0.05) is 6.07 Å². The minimum atomic E-state index is -2.52. The smallest absolute Gasteiger partial charge is 0.256 e. The van der Waals surface area contributed by atoms with Gasteiger partial charge < -0.3 is 0 Å². The first-order chi connectivity index (χ1) is 11.1. The van der Waals surface area contributed by atoms with Crippen LogP contribution in [0.25, 0.3) is 27.7 Å². The van der Waals surface area contributed by atoms with Crippen LogP contribution in [0.1, 0.15) is 17.6 Å². The quantitative estimate of drug-likeness (QED) is 0.557. The highest BCUT2D eigenvalue weighted by molar-refractivity contribution is 5.97. The molecule has 0 saturated carbocycles. The van der Waals surface area contributed by atoms with Crippen LogP contribution >= 0.6 is 0 Å². The van der Waals surface area contributed by atoms with Crippen LogP contribution in [-0.4, -0.2) is 19.6 Å². The van der Waals surface area contributed by atoms with E-state index in [1.807, 2.05) is 13.1 Å². The van der Waals surface area contributed by atoms with Gasteiger partial charge in [0.05, 0.1) is 11.7 Å². The lowest BCUT2D eigenvalue weighted by Gasteiger charge is -2.07. The highest BCUT2D eigenvalue weighted by atomic mass is 19.3. The molecule has 0 aliphatic carbocycles. The van der Waals surface area contributed by atoms with E-state index in [9.17, 15) is 8.78 Å². The average Bonchev–Trinajstić information content (AvgIpc) is 2.96. The lowest BCUT2D eigenvalue weighted by molar-refractivity contribution is 0.151. The number of benzene rings is 1. The van der Waals surface area contributed by atoms with E-state index in [2.05, 4.69) is 15.1 Å². The summed E-state index contributed by atoms with van der Waals surface area (Å²) < 4.78 is 27.7. The maximum absolute atomic E-state index is 13.0. The summed E-state index contributed by atoms with van der Waals surface area (Å²) >= 11 is 0. The van der Waals surface area contributed by atoms with Crippen molar-refractivity contribution in [3.05, 3.63) is 60.2 Å². The number of aryl methyl sites for hydroxylation is 1. The molecule has 4 aromatic rings. The number of alkyl halides is 2. The summed E-state index contributed by atoms with van der Waals surface area (Å²) in [4.78, 5) is 8.67. The van der Waals surface area contributed by atoms with Crippen molar-refractivity contribution >= 4 is 16.6 Å². The number of fused-ring (bicyclic) bond motifs is 2. The Morgan fingerprint density at radius 2 is 1.91 bits per heavy atom. The van der Waals surface area contributed by atoms with E-state index in [-0.39, 0.29) is 5.56 Å². The molecule has 23 heavy (non-hydrogen) atoms. The molecule has 3 aromatic heterocycles. The van der Waals surface area contributed by atoms with E-state index in [0.29, 0.717) is 16.6 Å². The van der Waals surface area contributed by atoms with Crippen molar-refractivity contribution in [1.29, 1.82) is 0 Å². The van der Waals surface area contributed by atoms with Crippen molar-refractivity contribution in [3.8, 4) is 11.1 Å². The predicted octanol–water partition coefficient (Wildman–Crippen LogP) is 4.19. The molecule has 1 aromatic carbocycles. The van der Waals surface area contributed by atoms with Gasteiger partial charge in [0.25, 0.3) is 6.43 Å². The third-order valence-electron chi connectivity index (χ3n) is 3.79. The average molecular weight is 310 g/mol. The molecule has 3 heterocycles. The number of aromatic nitrogens is 4. The van der Waals surface area contributed by atoms with E-state index in [1.54, 1.807) is 35.2 Å². The summed E-state index contributed by atoms with van der Waals surface area (Å²) in [6, 6.07) is 6.31. The lowest BCUT2D eigenvalue weighted by Crippen LogP contribution is -1.92. The molecule has 0 bridgehead atoms. The van der Waals surface area contributed by atoms with E-state index >= 15 is 0 Å². The number of rotatable bonds is 2. The molecule has 0 amide bonds. The zero-order valence-electron chi connectivity index (χ0n) is 12.2. The van der Waals surface area contributed by atoms with E-state index in [1.165, 1.54) is 12.1 Å². The van der Waals surface area contributed by atoms with Gasteiger partial charge in [-0.3, -0.25) is 4.98 Å². The summed E-state index contributed by atoms with van der Waals surface area (Å²) in [5, 5.41) is 4.97. The lowest BCUT2D eigenvalue weighted by atomic mass is 10.0. The topological polar surface area (TPSA) is 43.1 Å². The predicted molar refractivity (Wildman–Crippen MR) is 83.4 cm³/mol. The maximum Gasteiger partial charge on any atom is 0.263 e. The van der Waals surface area contributed by atoms with Crippen LogP contribution in [0.2, 0.25) is 0 Å². The third kappa shape index (κ3) is 2.23. The van der Waals surface area contributed by atoms with Crippen LogP contribution in [-0.2, 0) is 0 Å². The van der Waals surface area contributed by atoms with E-state index in [4.69, 9.17) is 0 Å². The highest BCUT2D eigenvalue weighted by Gasteiger charge is 2.14. The summed E-state index contributed by atoms with van der Waals surface area (Å²) in [6.07, 6.45) is 4.48. The zero-order valence-corrected chi connectivity index (χ0v) is 12.2. The monoisotopic (exact) mass is 310 g/mol. The van der Waals surface area contributed by atoms with Crippen molar-refractivity contribution in [2.24, 2.45) is 0 Å². The minimum Gasteiger partial charge on any atom is -0.256 e. The van der Waals surface area contributed by atoms with Gasteiger partial charge in [-0.05, 0) is 36.2 Å². The molecule has 6 heteroatoms. The van der Waals surface area contributed by atoms with Gasteiger partial charge in [-0.15, -0.1) is 0 Å². The van der Waals surface area contributed by atoms with E-state index in [0.717, 1.165) is 16.7 Å². The maximum atomic E-state index is 13.0. The van der Waals surface area contributed by atoms with Crippen molar-refractivity contribution in [3.63, 3.8) is 0 Å². The van der Waals surface area contributed by atoms with Crippen molar-refractivity contribution in [1.82, 2.24) is 19.6 Å². The Morgan fingerprint density at radius 3 is 2.74 bits per heavy atom. The SMILES string of the molecule is Cc1cnc2c(-c3ccnc4ccc(C(F)F)cc34)cnn2c1. The first-order valence-corrected chi connectivity index (χ1v) is 7.10. The molecular weight excluding hydrogens is 298 g/mol. The molecule has 0 aliphatic rings. The molecule has 4 nitrogen and oxygen atoms in total. The van der Waals surface area contributed by atoms with Crippen LogP contribution in [0.15, 0.2) is 49.1 Å². The van der Waals surface area contributed by atoms with Gasteiger partial charge in [-0.25, -0.2) is 18.3 Å². The number of hydrogen-bond acceptors (Lipinski definition) is 3. The van der Waals surface area contributed by atoms with Crippen molar-refractivity contribution in [2.75, 3.05) is 0 Å². The summed E-state index contributed by atoms with van der Waals surface area (Å²) in [6.45, 7) is 1.94. The number of pyridine rings is 1. The van der Waals surface area contributed by atoms with Crippen LogP contribution in [0.3, 0.4) is 0 Å². The van der Waals surface area contributed by atoms with Gasteiger partial charge in [0, 0.05) is 35.1 Å². The molecule has 0 spiro atoms. The Bertz CT molecular complexity index is 1020. The largest absolute Gasteiger partial charge is 0.263 e. The number of nitrogens with zero attached hydrogens (tertiary/aromatic N) is 4. The normalized spacial score (nSPS) is 11.7. The van der Waals surface area contributed by atoms with Crippen LogP contribution in [0, 0.1) is 6.92 Å². The second-order valence-electron chi connectivity index (χ2n) is 5.39. The Morgan fingerprint density at radius 1 is 1.04 bits per heavy atom. The molecule has 0 unspecified atom stereocenters. The molecule has 0 atom stereocenters. The minimum absolute atomic E-state index is 0.0213. The standard InChI is InChI=1S/C17H12F2N4/c1-10-7-21-17-14(8-22-23(17)9-10)12-4-5-20-15-3-2-11(16(18)19)6-13(12)15/h2-9,16H,1H3. The van der Waals surface area contributed by atoms with Crippen molar-refractivity contribution < 1.29 is 8.78 Å². The van der Waals surface area contributed by atoms with Crippen molar-refractivity contribution in [2.45, 2.75) is 13.3 Å². The van der Waals surface area contributed by atoms with Crippen LogP contribution < -0.4 is 0 Å². The van der Waals surface area contributed by atoms with E-state index < -0.39 is 6.43 Å². The molecular formula is C17H12F2N4. The number of halogens is 2. The van der Waals surface area contributed by atoms with Gasteiger partial charge in [0.1, 0.15) is 0 Å². The molecule has 0 aliphatic heterocycles. The van der Waals surface area contributed by atoms with Gasteiger partial charge in [-0.2, -0.15) is 5.10 Å². The molecule has 4 rings (SSSR count).